The predicted molar refractivity (Wildman–Crippen MR) is 105 cm³/mol. The van der Waals surface area contributed by atoms with E-state index in [1.165, 1.54) is 30.5 Å². The molecule has 7 heteroatoms. The molecule has 5 nitrogen and oxygen atoms in total. The number of hydrogen-bond donors (Lipinski definition) is 0. The van der Waals surface area contributed by atoms with Crippen LogP contribution in [-0.4, -0.2) is 19.3 Å². The molecular formula is C22H14F2N4O. The molecule has 0 atom stereocenters. The second kappa shape index (κ2) is 6.63. The molecule has 2 aromatic carbocycles. The van der Waals surface area contributed by atoms with E-state index in [9.17, 15) is 13.6 Å². The summed E-state index contributed by atoms with van der Waals surface area (Å²) in [5.41, 5.74) is 2.13. The van der Waals surface area contributed by atoms with E-state index in [1.54, 1.807) is 18.3 Å². The van der Waals surface area contributed by atoms with E-state index < -0.39 is 11.4 Å². The summed E-state index contributed by atoms with van der Waals surface area (Å²) in [6, 6.07) is 16.4. The monoisotopic (exact) mass is 388 g/mol. The number of nitrogens with zero attached hydrogens (tertiary/aromatic N) is 4. The van der Waals surface area contributed by atoms with Crippen molar-refractivity contribution in [1.82, 2.24) is 19.3 Å². The van der Waals surface area contributed by atoms with E-state index in [0.29, 0.717) is 17.8 Å². The smallest absolute Gasteiger partial charge is 0.284 e. The largest absolute Gasteiger partial charge is 0.342 e. The number of aromatic nitrogens is 4. The first kappa shape index (κ1) is 17.2. The Morgan fingerprint density at radius 1 is 0.931 bits per heavy atom. The number of para-hydroxylation sites is 1. The van der Waals surface area contributed by atoms with Crippen molar-refractivity contribution in [3.8, 4) is 17.1 Å². The second-order valence-electron chi connectivity index (χ2n) is 6.69. The van der Waals surface area contributed by atoms with Gasteiger partial charge in [0, 0.05) is 24.3 Å². The highest BCUT2D eigenvalue weighted by Crippen LogP contribution is 2.28. The van der Waals surface area contributed by atoms with E-state index >= 15 is 0 Å². The third-order valence-electron chi connectivity index (χ3n) is 4.84. The Morgan fingerprint density at radius 3 is 2.52 bits per heavy atom. The van der Waals surface area contributed by atoms with Gasteiger partial charge in [-0.1, -0.05) is 30.3 Å². The van der Waals surface area contributed by atoms with Crippen molar-refractivity contribution in [2.75, 3.05) is 0 Å². The van der Waals surface area contributed by atoms with Crippen molar-refractivity contribution in [1.29, 1.82) is 0 Å². The van der Waals surface area contributed by atoms with Gasteiger partial charge in [0.2, 0.25) is 0 Å². The fourth-order valence-corrected chi connectivity index (χ4v) is 3.47. The maximum atomic E-state index is 14.2. The lowest BCUT2D eigenvalue weighted by atomic mass is 10.1. The molecule has 2 aliphatic rings. The maximum Gasteiger partial charge on any atom is 0.284 e. The van der Waals surface area contributed by atoms with Crippen LogP contribution in [0.25, 0.3) is 28.0 Å². The first-order valence-corrected chi connectivity index (χ1v) is 8.98. The van der Waals surface area contributed by atoms with Crippen LogP contribution in [0.5, 0.6) is 0 Å². The Morgan fingerprint density at radius 2 is 1.72 bits per heavy atom. The molecule has 0 saturated carbocycles. The van der Waals surface area contributed by atoms with Crippen LogP contribution < -0.4 is 5.56 Å². The van der Waals surface area contributed by atoms with E-state index in [2.05, 4.69) is 10.1 Å². The van der Waals surface area contributed by atoms with Crippen LogP contribution in [0.2, 0.25) is 0 Å². The van der Waals surface area contributed by atoms with Gasteiger partial charge in [-0.2, -0.15) is 9.78 Å². The van der Waals surface area contributed by atoms with Crippen molar-refractivity contribution < 1.29 is 8.78 Å². The summed E-state index contributed by atoms with van der Waals surface area (Å²) in [6.07, 6.45) is 3.12. The molecule has 0 aliphatic carbocycles. The van der Waals surface area contributed by atoms with E-state index in [-0.39, 0.29) is 11.6 Å². The third kappa shape index (κ3) is 2.87. The minimum absolute atomic E-state index is 0.136. The molecule has 0 radical (unpaired) electrons. The number of halogens is 2. The number of rotatable bonds is 3. The fraction of sp³-hybridized carbons (Fsp3) is 0.0455. The molecule has 0 unspecified atom stereocenters. The van der Waals surface area contributed by atoms with Gasteiger partial charge in [0.25, 0.3) is 5.56 Å². The lowest BCUT2D eigenvalue weighted by molar-refractivity contribution is 0.598. The van der Waals surface area contributed by atoms with Gasteiger partial charge in [0.15, 0.2) is 11.6 Å². The Labute approximate surface area is 163 Å². The number of pyridine rings is 2. The number of fused-ring (bicyclic) bond motifs is 3. The lowest BCUT2D eigenvalue weighted by Crippen LogP contribution is -2.17. The summed E-state index contributed by atoms with van der Waals surface area (Å²) in [6.45, 7) is 0.444. The molecule has 0 saturated heterocycles. The third-order valence-corrected chi connectivity index (χ3v) is 4.84. The highest BCUT2D eigenvalue weighted by molar-refractivity contribution is 5.93. The van der Waals surface area contributed by atoms with Crippen molar-refractivity contribution in [3.63, 3.8) is 0 Å². The molecule has 0 N–H and O–H groups in total. The zero-order valence-corrected chi connectivity index (χ0v) is 15.1. The summed E-state index contributed by atoms with van der Waals surface area (Å²) < 4.78 is 30.3. The Hall–Kier alpha value is -3.87. The lowest BCUT2D eigenvalue weighted by Gasteiger charge is -2.13. The van der Waals surface area contributed by atoms with Crippen molar-refractivity contribution in [2.45, 2.75) is 6.54 Å². The highest BCUT2D eigenvalue weighted by Gasteiger charge is 2.22. The first-order valence-electron chi connectivity index (χ1n) is 8.98. The summed E-state index contributed by atoms with van der Waals surface area (Å²) in [5.74, 6) is -1.07. The van der Waals surface area contributed by atoms with Crippen molar-refractivity contribution >= 4 is 10.9 Å². The number of benzene rings is 2. The molecule has 0 fully saturated rings. The van der Waals surface area contributed by atoms with Gasteiger partial charge in [-0.25, -0.2) is 13.8 Å². The van der Waals surface area contributed by atoms with Crippen LogP contribution in [0.1, 0.15) is 5.56 Å². The standard InChI is InChI=1S/C22H14F2N4O/c23-15-9-7-14(8-10-15)12-27-13-17-20(16-4-1-2-6-19(16)27)26-28(22(17)29)21-18(24)5-3-11-25-21/h1-11,13H,12H2. The molecule has 29 heavy (non-hydrogen) atoms. The molecular weight excluding hydrogens is 374 g/mol. The molecule has 5 rings (SSSR count). The number of hydrogen-bond acceptors (Lipinski definition) is 3. The minimum Gasteiger partial charge on any atom is -0.342 e. The van der Waals surface area contributed by atoms with Gasteiger partial charge in [0.05, 0.1) is 11.1 Å². The van der Waals surface area contributed by atoms with Crippen LogP contribution in [-0.2, 0) is 6.54 Å². The van der Waals surface area contributed by atoms with Crippen LogP contribution >= 0.6 is 0 Å². The van der Waals surface area contributed by atoms with Crippen LogP contribution in [0.3, 0.4) is 0 Å². The average Bonchev–Trinajstić information content (AvgIpc) is 3.07. The Bertz CT molecular complexity index is 1370. The Kier molecular flexibility index (Phi) is 3.94. The summed E-state index contributed by atoms with van der Waals surface area (Å²) in [5, 5.41) is 5.13. The quantitative estimate of drug-likeness (QED) is 0.469. The second-order valence-corrected chi connectivity index (χ2v) is 6.69. The highest BCUT2D eigenvalue weighted by atomic mass is 19.1. The first-order chi connectivity index (χ1) is 14.1. The van der Waals surface area contributed by atoms with Gasteiger partial charge < -0.3 is 4.57 Å². The normalized spacial score (nSPS) is 11.4. The molecule has 0 bridgehead atoms. The van der Waals surface area contributed by atoms with Crippen LogP contribution in [0.4, 0.5) is 8.78 Å². The van der Waals surface area contributed by atoms with Crippen molar-refractivity contribution in [3.05, 3.63) is 101 Å². The zero-order valence-electron chi connectivity index (χ0n) is 15.1. The summed E-state index contributed by atoms with van der Waals surface area (Å²) in [7, 11) is 0. The molecule has 2 aliphatic heterocycles. The molecule has 3 heterocycles. The predicted octanol–water partition coefficient (Wildman–Crippen LogP) is 4.01. The maximum absolute atomic E-state index is 14.2. The topological polar surface area (TPSA) is 52.7 Å². The van der Waals surface area contributed by atoms with Gasteiger partial charge in [-0.05, 0) is 35.9 Å². The van der Waals surface area contributed by atoms with Gasteiger partial charge in [-0.15, -0.1) is 0 Å². The molecule has 1 aromatic heterocycles. The van der Waals surface area contributed by atoms with E-state index in [0.717, 1.165) is 21.1 Å². The van der Waals surface area contributed by atoms with Gasteiger partial charge in [0.1, 0.15) is 11.5 Å². The zero-order chi connectivity index (χ0) is 20.0. The molecule has 0 amide bonds. The average molecular weight is 388 g/mol. The molecule has 142 valence electrons. The van der Waals surface area contributed by atoms with Crippen LogP contribution in [0.15, 0.2) is 77.9 Å². The van der Waals surface area contributed by atoms with Gasteiger partial charge >= 0.3 is 0 Å². The SMILES string of the molecule is O=c1c2cn(Cc3ccc(F)cc3)c3ccccc3c-2nn1-c1ncccc1F. The molecule has 3 aromatic rings. The summed E-state index contributed by atoms with van der Waals surface area (Å²) in [4.78, 5) is 17.0. The molecule has 0 spiro atoms. The Balaban J connectivity index is 1.76. The van der Waals surface area contributed by atoms with E-state index in [1.807, 2.05) is 28.8 Å². The fourth-order valence-electron chi connectivity index (χ4n) is 3.47. The summed E-state index contributed by atoms with van der Waals surface area (Å²) >= 11 is 0. The van der Waals surface area contributed by atoms with Gasteiger partial charge in [-0.3, -0.25) is 4.79 Å². The minimum atomic E-state index is -0.624. The van der Waals surface area contributed by atoms with Crippen LogP contribution in [0, 0.1) is 11.6 Å². The van der Waals surface area contributed by atoms with E-state index in [4.69, 9.17) is 0 Å². The van der Waals surface area contributed by atoms with Crippen molar-refractivity contribution in [2.24, 2.45) is 0 Å².